The van der Waals surface area contributed by atoms with Gasteiger partial charge < -0.3 is 9.64 Å². The Labute approximate surface area is 83.2 Å². The van der Waals surface area contributed by atoms with Crippen LogP contribution >= 0.6 is 0 Å². The summed E-state index contributed by atoms with van der Waals surface area (Å²) in [6, 6.07) is 0. The summed E-state index contributed by atoms with van der Waals surface area (Å²) < 4.78 is 18.0. The molecule has 0 radical (unpaired) electrons. The lowest BCUT2D eigenvalue weighted by Crippen LogP contribution is -2.37. The molecule has 1 saturated heterocycles. The van der Waals surface area contributed by atoms with Gasteiger partial charge in [0, 0.05) is 24.9 Å². The summed E-state index contributed by atoms with van der Waals surface area (Å²) in [5, 5.41) is 0. The van der Waals surface area contributed by atoms with Gasteiger partial charge in [-0.1, -0.05) is 0 Å². The van der Waals surface area contributed by atoms with Crippen molar-refractivity contribution < 1.29 is 13.9 Å². The highest BCUT2D eigenvalue weighted by Crippen LogP contribution is 2.48. The summed E-state index contributed by atoms with van der Waals surface area (Å²) in [6.45, 7) is 6.56. The van der Waals surface area contributed by atoms with Crippen molar-refractivity contribution >= 4 is 6.09 Å². The lowest BCUT2D eigenvalue weighted by Gasteiger charge is -2.25. The fourth-order valence-corrected chi connectivity index (χ4v) is 1.93. The molecule has 0 bridgehead atoms. The van der Waals surface area contributed by atoms with Crippen LogP contribution in [0.3, 0.4) is 0 Å². The van der Waals surface area contributed by atoms with E-state index in [0.29, 0.717) is 13.1 Å². The van der Waals surface area contributed by atoms with Gasteiger partial charge in [-0.05, 0) is 20.8 Å². The van der Waals surface area contributed by atoms with E-state index in [2.05, 4.69) is 0 Å². The Morgan fingerprint density at radius 1 is 1.36 bits per heavy atom. The third kappa shape index (κ3) is 1.70. The van der Waals surface area contributed by atoms with Gasteiger partial charge in [0.05, 0.1) is 0 Å². The van der Waals surface area contributed by atoms with E-state index in [0.717, 1.165) is 0 Å². The van der Waals surface area contributed by atoms with E-state index in [-0.39, 0.29) is 17.9 Å². The molecule has 1 heterocycles. The smallest absolute Gasteiger partial charge is 0.410 e. The highest BCUT2D eigenvalue weighted by molar-refractivity contribution is 5.69. The van der Waals surface area contributed by atoms with Crippen molar-refractivity contribution in [3.05, 3.63) is 0 Å². The van der Waals surface area contributed by atoms with Crippen LogP contribution < -0.4 is 0 Å². The summed E-state index contributed by atoms with van der Waals surface area (Å²) in [7, 11) is 0. The molecule has 1 amide bonds. The van der Waals surface area contributed by atoms with Gasteiger partial charge in [-0.15, -0.1) is 0 Å². The third-order valence-corrected chi connectivity index (χ3v) is 2.74. The number of carbonyl (C=O) groups is 1. The van der Waals surface area contributed by atoms with E-state index in [1.165, 1.54) is 0 Å². The summed E-state index contributed by atoms with van der Waals surface area (Å²) in [5.74, 6) is 0.171. The fraction of sp³-hybridized carbons (Fsp3) is 0.900. The number of halogens is 1. The molecule has 2 rings (SSSR count). The minimum Gasteiger partial charge on any atom is -0.444 e. The van der Waals surface area contributed by atoms with E-state index in [1.807, 2.05) is 20.8 Å². The van der Waals surface area contributed by atoms with Crippen LogP contribution in [0.1, 0.15) is 20.8 Å². The first-order valence-electron chi connectivity index (χ1n) is 5.00. The minimum atomic E-state index is -0.673. The van der Waals surface area contributed by atoms with E-state index in [4.69, 9.17) is 4.74 Å². The van der Waals surface area contributed by atoms with E-state index in [1.54, 1.807) is 4.90 Å². The molecular formula is C10H16FNO2. The van der Waals surface area contributed by atoms with Crippen molar-refractivity contribution in [2.24, 2.45) is 11.8 Å². The summed E-state index contributed by atoms with van der Waals surface area (Å²) in [6.07, 6.45) is -0.981. The monoisotopic (exact) mass is 201 g/mol. The maximum atomic E-state index is 12.8. The zero-order valence-corrected chi connectivity index (χ0v) is 8.79. The average Bonchev–Trinajstić information content (AvgIpc) is 2.47. The number of nitrogens with zero attached hydrogens (tertiary/aromatic N) is 1. The molecule has 3 nitrogen and oxygen atoms in total. The van der Waals surface area contributed by atoms with Crippen molar-refractivity contribution in [2.75, 3.05) is 13.1 Å². The number of hydrogen-bond donors (Lipinski definition) is 0. The predicted molar refractivity (Wildman–Crippen MR) is 49.7 cm³/mol. The van der Waals surface area contributed by atoms with E-state index < -0.39 is 11.8 Å². The second-order valence-electron chi connectivity index (χ2n) is 5.16. The molecule has 0 N–H and O–H groups in total. The van der Waals surface area contributed by atoms with Gasteiger partial charge in [0.2, 0.25) is 0 Å². The van der Waals surface area contributed by atoms with Crippen molar-refractivity contribution in [1.82, 2.24) is 4.90 Å². The van der Waals surface area contributed by atoms with Crippen LogP contribution in [0.5, 0.6) is 0 Å². The molecule has 1 aliphatic carbocycles. The highest BCUT2D eigenvalue weighted by atomic mass is 19.1. The average molecular weight is 201 g/mol. The number of amides is 1. The second-order valence-corrected chi connectivity index (χ2v) is 5.16. The molecule has 1 aliphatic heterocycles. The van der Waals surface area contributed by atoms with Crippen molar-refractivity contribution in [1.29, 1.82) is 0 Å². The molecule has 1 unspecified atom stereocenters. The predicted octanol–water partition coefficient (Wildman–Crippen LogP) is 1.82. The summed E-state index contributed by atoms with van der Waals surface area (Å²) in [5.41, 5.74) is -0.459. The van der Waals surface area contributed by atoms with Crippen LogP contribution in [-0.4, -0.2) is 35.9 Å². The van der Waals surface area contributed by atoms with E-state index in [9.17, 15) is 9.18 Å². The molecule has 4 heteroatoms. The van der Waals surface area contributed by atoms with Gasteiger partial charge in [0.15, 0.2) is 0 Å². The number of rotatable bonds is 0. The van der Waals surface area contributed by atoms with Gasteiger partial charge in [0.1, 0.15) is 11.8 Å². The Balaban J connectivity index is 1.84. The molecule has 0 aromatic carbocycles. The number of fused-ring (bicyclic) bond motifs is 1. The van der Waals surface area contributed by atoms with Gasteiger partial charge >= 0.3 is 6.09 Å². The lowest BCUT2D eigenvalue weighted by atomic mass is 10.2. The number of carbonyl (C=O) groups excluding carboxylic acids is 1. The Morgan fingerprint density at radius 3 is 2.29 bits per heavy atom. The Hall–Kier alpha value is -0.800. The number of hydrogen-bond acceptors (Lipinski definition) is 2. The molecule has 2 aliphatic rings. The Bertz CT molecular complexity index is 249. The number of ether oxygens (including phenoxy) is 1. The standard InChI is InChI=1S/C10H16FNO2/c1-10(2,3)14-9(13)12-4-6-7(5-12)8(6)11/h6-8H,4-5H2,1-3H3/t6-,7+,8?. The van der Waals surface area contributed by atoms with Crippen LogP contribution in [0.4, 0.5) is 9.18 Å². The zero-order chi connectivity index (χ0) is 10.5. The third-order valence-electron chi connectivity index (χ3n) is 2.74. The molecule has 2 fully saturated rings. The number of piperidine rings is 1. The van der Waals surface area contributed by atoms with Gasteiger partial charge in [-0.3, -0.25) is 0 Å². The van der Waals surface area contributed by atoms with Crippen molar-refractivity contribution in [2.45, 2.75) is 32.5 Å². The first kappa shape index (κ1) is 9.74. The van der Waals surface area contributed by atoms with Gasteiger partial charge in [0.25, 0.3) is 0 Å². The molecule has 0 spiro atoms. The SMILES string of the molecule is CC(C)(C)OC(=O)N1C[C@@H]2C(F)[C@@H]2C1. The maximum Gasteiger partial charge on any atom is 0.410 e. The topological polar surface area (TPSA) is 29.5 Å². The Morgan fingerprint density at radius 2 is 1.86 bits per heavy atom. The van der Waals surface area contributed by atoms with Crippen LogP contribution in [0.15, 0.2) is 0 Å². The highest BCUT2D eigenvalue weighted by Gasteiger charge is 2.58. The number of alkyl halides is 1. The van der Waals surface area contributed by atoms with Gasteiger partial charge in [-0.25, -0.2) is 9.18 Å². The van der Waals surface area contributed by atoms with Gasteiger partial charge in [-0.2, -0.15) is 0 Å². The largest absolute Gasteiger partial charge is 0.444 e. The molecular weight excluding hydrogens is 185 g/mol. The summed E-state index contributed by atoms with van der Waals surface area (Å²) in [4.78, 5) is 13.1. The zero-order valence-electron chi connectivity index (χ0n) is 8.79. The molecule has 0 aromatic rings. The molecule has 0 aromatic heterocycles. The first-order valence-corrected chi connectivity index (χ1v) is 5.00. The van der Waals surface area contributed by atoms with Crippen LogP contribution in [0.2, 0.25) is 0 Å². The quantitative estimate of drug-likeness (QED) is 0.598. The van der Waals surface area contributed by atoms with E-state index >= 15 is 0 Å². The Kier molecular flexibility index (Phi) is 1.98. The summed E-state index contributed by atoms with van der Waals surface area (Å²) >= 11 is 0. The van der Waals surface area contributed by atoms with Crippen molar-refractivity contribution in [3.63, 3.8) is 0 Å². The molecule has 80 valence electrons. The molecule has 3 atom stereocenters. The second kappa shape index (κ2) is 2.84. The lowest BCUT2D eigenvalue weighted by molar-refractivity contribution is 0.0262. The van der Waals surface area contributed by atoms with Crippen LogP contribution in [0, 0.1) is 11.8 Å². The minimum absolute atomic E-state index is 0.0857. The first-order chi connectivity index (χ1) is 6.38. The fourth-order valence-electron chi connectivity index (χ4n) is 1.93. The van der Waals surface area contributed by atoms with Crippen molar-refractivity contribution in [3.8, 4) is 0 Å². The number of likely N-dealkylation sites (tertiary alicyclic amines) is 1. The maximum absolute atomic E-state index is 12.8. The molecule has 1 saturated carbocycles. The molecule has 14 heavy (non-hydrogen) atoms. The normalized spacial score (nSPS) is 35.4. The van der Waals surface area contributed by atoms with Crippen LogP contribution in [0.25, 0.3) is 0 Å². The van der Waals surface area contributed by atoms with Crippen LogP contribution in [-0.2, 0) is 4.74 Å².